The van der Waals surface area contributed by atoms with Crippen LogP contribution in [0.1, 0.15) is 53.9 Å². The number of ether oxygens (including phenoxy) is 1. The fraction of sp³-hybridized carbons (Fsp3) is 0.692. The van der Waals surface area contributed by atoms with Gasteiger partial charge < -0.3 is 14.5 Å². The first kappa shape index (κ1) is 29.8. The van der Waals surface area contributed by atoms with E-state index in [2.05, 4.69) is 0 Å². The maximum absolute atomic E-state index is 13.5. The lowest BCUT2D eigenvalue weighted by molar-refractivity contribution is -0.139. The summed E-state index contributed by atoms with van der Waals surface area (Å²) in [6.07, 6.45) is 1.47. The van der Waals surface area contributed by atoms with Gasteiger partial charge in [-0.2, -0.15) is 8.61 Å². The Kier molecular flexibility index (Phi) is 8.38. The molecule has 2 amide bonds. The Labute approximate surface area is 232 Å². The summed E-state index contributed by atoms with van der Waals surface area (Å²) in [6.45, 7) is 10.8. The zero-order chi connectivity index (χ0) is 28.8. The minimum Gasteiger partial charge on any atom is -0.444 e. The quantitative estimate of drug-likeness (QED) is 0.482. The van der Waals surface area contributed by atoms with Crippen molar-refractivity contribution in [2.24, 2.45) is 5.92 Å². The predicted octanol–water partition coefficient (Wildman–Crippen LogP) is 2.34. The number of hydrogen-bond donors (Lipinski definition) is 0. The van der Waals surface area contributed by atoms with Gasteiger partial charge in [-0.1, -0.05) is 13.8 Å². The SMILES string of the molecule is CCN(CC)S(=O)(=O)c1ccc(S(=O)(=O)N2CCC[C@@H](C(=O)N3C[C@H]4C[C@@H]3CN4C(=O)OC(C)(C)C)C2)cc1. The molecule has 0 saturated carbocycles. The van der Waals surface area contributed by atoms with E-state index in [0.29, 0.717) is 52.0 Å². The van der Waals surface area contributed by atoms with E-state index < -0.39 is 31.6 Å². The number of piperazine rings is 1. The van der Waals surface area contributed by atoms with Gasteiger partial charge >= 0.3 is 6.09 Å². The normalized spacial score (nSPS) is 24.4. The van der Waals surface area contributed by atoms with Crippen LogP contribution in [0.2, 0.25) is 0 Å². The summed E-state index contributed by atoms with van der Waals surface area (Å²) in [7, 11) is -7.61. The van der Waals surface area contributed by atoms with Crippen LogP contribution >= 0.6 is 0 Å². The van der Waals surface area contributed by atoms with Crippen LogP contribution in [-0.2, 0) is 29.6 Å². The summed E-state index contributed by atoms with van der Waals surface area (Å²) in [4.78, 5) is 29.6. The number of likely N-dealkylation sites (tertiary alicyclic amines) is 2. The Hall–Kier alpha value is -2.22. The van der Waals surface area contributed by atoms with Gasteiger partial charge in [-0.15, -0.1) is 0 Å². The van der Waals surface area contributed by atoms with Crippen molar-refractivity contribution in [3.05, 3.63) is 24.3 Å². The van der Waals surface area contributed by atoms with Gasteiger partial charge in [0.05, 0.1) is 27.8 Å². The number of carbonyl (C=O) groups is 2. The second-order valence-corrected chi connectivity index (χ2v) is 15.3. The van der Waals surface area contributed by atoms with E-state index in [1.165, 1.54) is 32.9 Å². The maximum atomic E-state index is 13.5. The molecule has 39 heavy (non-hydrogen) atoms. The van der Waals surface area contributed by atoms with Gasteiger partial charge in [0.25, 0.3) is 0 Å². The van der Waals surface area contributed by atoms with Crippen molar-refractivity contribution in [1.82, 2.24) is 18.4 Å². The van der Waals surface area contributed by atoms with E-state index in [4.69, 9.17) is 4.74 Å². The summed E-state index contributed by atoms with van der Waals surface area (Å²) in [5.74, 6) is -0.544. The lowest BCUT2D eigenvalue weighted by atomic mass is 9.97. The minimum atomic E-state index is -3.91. The first-order chi connectivity index (χ1) is 18.2. The van der Waals surface area contributed by atoms with Crippen LogP contribution in [0.15, 0.2) is 34.1 Å². The molecule has 0 unspecified atom stereocenters. The third-order valence-electron chi connectivity index (χ3n) is 7.69. The topological polar surface area (TPSA) is 125 Å². The van der Waals surface area contributed by atoms with Crippen molar-refractivity contribution in [2.75, 3.05) is 39.3 Å². The Bertz CT molecular complexity index is 1290. The molecule has 13 heteroatoms. The Morgan fingerprint density at radius 2 is 1.49 bits per heavy atom. The van der Waals surface area contributed by atoms with Crippen LogP contribution in [0.25, 0.3) is 0 Å². The molecule has 3 aliphatic heterocycles. The first-order valence-corrected chi connectivity index (χ1v) is 16.5. The highest BCUT2D eigenvalue weighted by Crippen LogP contribution is 2.35. The maximum Gasteiger partial charge on any atom is 0.410 e. The van der Waals surface area contributed by atoms with E-state index >= 15 is 0 Å². The molecule has 3 atom stereocenters. The molecule has 3 heterocycles. The number of sulfonamides is 2. The van der Waals surface area contributed by atoms with Gasteiger partial charge in [-0.3, -0.25) is 4.79 Å². The van der Waals surface area contributed by atoms with Gasteiger partial charge in [0.15, 0.2) is 0 Å². The zero-order valence-electron chi connectivity index (χ0n) is 23.4. The van der Waals surface area contributed by atoms with Crippen LogP contribution in [0, 0.1) is 5.92 Å². The molecule has 0 aromatic heterocycles. The highest BCUT2D eigenvalue weighted by Gasteiger charge is 2.49. The molecular weight excluding hydrogens is 544 g/mol. The molecule has 0 N–H and O–H groups in total. The van der Waals surface area contributed by atoms with Crippen molar-refractivity contribution in [1.29, 1.82) is 0 Å². The average molecular weight is 585 g/mol. The summed E-state index contributed by atoms with van der Waals surface area (Å²) >= 11 is 0. The number of fused-ring (bicyclic) bond motifs is 2. The molecule has 0 radical (unpaired) electrons. The van der Waals surface area contributed by atoms with Crippen LogP contribution in [0.5, 0.6) is 0 Å². The summed E-state index contributed by atoms with van der Waals surface area (Å²) < 4.78 is 60.5. The molecule has 3 aliphatic rings. The van der Waals surface area contributed by atoms with Crippen LogP contribution < -0.4 is 0 Å². The highest BCUT2D eigenvalue weighted by atomic mass is 32.2. The van der Waals surface area contributed by atoms with Gasteiger partial charge in [0.1, 0.15) is 5.60 Å². The van der Waals surface area contributed by atoms with Gasteiger partial charge in [0, 0.05) is 39.3 Å². The fourth-order valence-corrected chi connectivity index (χ4v) is 8.70. The number of benzene rings is 1. The van der Waals surface area contributed by atoms with Crippen molar-refractivity contribution in [2.45, 2.75) is 81.4 Å². The molecule has 1 aromatic carbocycles. The first-order valence-electron chi connectivity index (χ1n) is 13.6. The Balaban J connectivity index is 1.41. The number of amides is 2. The van der Waals surface area contributed by atoms with Crippen molar-refractivity contribution >= 4 is 32.0 Å². The third-order valence-corrected chi connectivity index (χ3v) is 11.6. The molecule has 4 rings (SSSR count). The Morgan fingerprint density at radius 3 is 2.03 bits per heavy atom. The number of nitrogens with zero attached hydrogens (tertiary/aromatic N) is 4. The fourth-order valence-electron chi connectivity index (χ4n) is 5.72. The zero-order valence-corrected chi connectivity index (χ0v) is 25.0. The molecule has 3 fully saturated rings. The standard InChI is InChI=1S/C26H40N4O7S2/c1-6-27(7-2)38(33,34)22-10-12-23(13-11-22)39(35,36)28-14-8-9-19(16-28)24(31)29-17-21-15-20(29)18-30(21)25(32)37-26(3,4)5/h10-13,19-21H,6-9,14-18H2,1-5H3/t19-,20-,21-/m1/s1. The van der Waals surface area contributed by atoms with E-state index in [9.17, 15) is 26.4 Å². The van der Waals surface area contributed by atoms with Crippen LogP contribution in [0.4, 0.5) is 4.79 Å². The minimum absolute atomic E-state index is 0.00216. The van der Waals surface area contributed by atoms with E-state index in [0.717, 1.165) is 0 Å². The van der Waals surface area contributed by atoms with Crippen molar-refractivity contribution in [3.63, 3.8) is 0 Å². The molecule has 2 bridgehead atoms. The van der Waals surface area contributed by atoms with Crippen molar-refractivity contribution in [3.8, 4) is 0 Å². The number of hydrogen-bond acceptors (Lipinski definition) is 7. The Morgan fingerprint density at radius 1 is 0.923 bits per heavy atom. The van der Waals surface area contributed by atoms with Crippen LogP contribution in [-0.4, -0.2) is 104 Å². The highest BCUT2D eigenvalue weighted by molar-refractivity contribution is 7.89. The average Bonchev–Trinajstić information content (AvgIpc) is 3.49. The molecule has 0 aliphatic carbocycles. The monoisotopic (exact) mass is 584 g/mol. The molecule has 3 saturated heterocycles. The smallest absolute Gasteiger partial charge is 0.410 e. The number of carbonyl (C=O) groups excluding carboxylic acids is 2. The van der Waals surface area contributed by atoms with Gasteiger partial charge in [-0.05, 0) is 64.3 Å². The number of rotatable bonds is 7. The van der Waals surface area contributed by atoms with E-state index in [-0.39, 0.29) is 40.4 Å². The summed E-state index contributed by atoms with van der Waals surface area (Å²) in [5, 5.41) is 0. The summed E-state index contributed by atoms with van der Waals surface area (Å²) in [6, 6.07) is 5.10. The van der Waals surface area contributed by atoms with E-state index in [1.807, 2.05) is 20.8 Å². The summed E-state index contributed by atoms with van der Waals surface area (Å²) in [5.41, 5.74) is -0.592. The largest absolute Gasteiger partial charge is 0.444 e. The van der Waals surface area contributed by atoms with Crippen LogP contribution in [0.3, 0.4) is 0 Å². The lowest BCUT2D eigenvalue weighted by Crippen LogP contribution is -2.54. The number of piperidine rings is 1. The third kappa shape index (κ3) is 5.96. The molecule has 1 aromatic rings. The molecule has 0 spiro atoms. The molecule has 218 valence electrons. The lowest BCUT2D eigenvalue weighted by Gasteiger charge is -2.38. The predicted molar refractivity (Wildman–Crippen MR) is 145 cm³/mol. The van der Waals surface area contributed by atoms with Gasteiger partial charge in [0.2, 0.25) is 26.0 Å². The molecule has 11 nitrogen and oxygen atoms in total. The van der Waals surface area contributed by atoms with E-state index in [1.54, 1.807) is 23.6 Å². The molecular formula is C26H40N4O7S2. The second kappa shape index (κ2) is 11.0. The second-order valence-electron chi connectivity index (χ2n) is 11.4. The van der Waals surface area contributed by atoms with Gasteiger partial charge in [-0.25, -0.2) is 21.6 Å². The van der Waals surface area contributed by atoms with Crippen molar-refractivity contribution < 1.29 is 31.2 Å².